The third kappa shape index (κ3) is 4.92. The van der Waals surface area contributed by atoms with E-state index < -0.39 is 12.1 Å². The van der Waals surface area contributed by atoms with E-state index in [4.69, 9.17) is 9.47 Å². The molecule has 1 aromatic carbocycles. The predicted molar refractivity (Wildman–Crippen MR) is 73.9 cm³/mol. The monoisotopic (exact) mass is 310 g/mol. The van der Waals surface area contributed by atoms with Gasteiger partial charge in [-0.1, -0.05) is 12.5 Å². The van der Waals surface area contributed by atoms with Crippen molar-refractivity contribution in [3.05, 3.63) is 29.8 Å². The van der Waals surface area contributed by atoms with Crippen LogP contribution in [0.3, 0.4) is 0 Å². The first kappa shape index (κ1) is 16.1. The standard InChI is InChI=1S/C15H18O7/c1-18-13-9-5-6-11(10-13)14(16)20-22-21-15(17)19-12-7-3-2-4-8-12/h5-6,9-10,12H,2-4,7-8H2,1H3. The van der Waals surface area contributed by atoms with Crippen LogP contribution in [0.2, 0.25) is 0 Å². The van der Waals surface area contributed by atoms with Gasteiger partial charge in [0.2, 0.25) is 0 Å². The smallest absolute Gasteiger partial charge is 0.497 e. The fraction of sp³-hybridized carbons (Fsp3) is 0.467. The Bertz CT molecular complexity index is 508. The van der Waals surface area contributed by atoms with Gasteiger partial charge in [-0.2, -0.15) is 0 Å². The molecule has 22 heavy (non-hydrogen) atoms. The van der Waals surface area contributed by atoms with Gasteiger partial charge in [-0.3, -0.25) is 4.89 Å². The Labute approximate surface area is 127 Å². The van der Waals surface area contributed by atoms with E-state index in [1.165, 1.54) is 19.2 Å². The Hall–Kier alpha value is -2.28. The first-order valence-electron chi connectivity index (χ1n) is 7.09. The van der Waals surface area contributed by atoms with E-state index in [1.807, 2.05) is 0 Å². The molecule has 0 N–H and O–H groups in total. The molecular weight excluding hydrogens is 292 g/mol. The van der Waals surface area contributed by atoms with Crippen molar-refractivity contribution < 1.29 is 33.9 Å². The van der Waals surface area contributed by atoms with Crippen molar-refractivity contribution >= 4 is 12.1 Å². The fourth-order valence-electron chi connectivity index (χ4n) is 2.21. The molecule has 0 spiro atoms. The van der Waals surface area contributed by atoms with Gasteiger partial charge in [-0.05, 0) is 43.9 Å². The molecular formula is C15H18O7. The minimum atomic E-state index is -1.02. The van der Waals surface area contributed by atoms with Gasteiger partial charge in [0.15, 0.2) is 0 Å². The molecule has 7 heteroatoms. The molecule has 0 saturated heterocycles. The summed E-state index contributed by atoms with van der Waals surface area (Å²) in [5, 5.41) is 4.16. The normalized spacial score (nSPS) is 15.0. The molecule has 2 rings (SSSR count). The van der Waals surface area contributed by atoms with Crippen molar-refractivity contribution in [1.82, 2.24) is 0 Å². The Balaban J connectivity index is 1.70. The summed E-state index contributed by atoms with van der Waals surface area (Å²) in [5.41, 5.74) is 0.198. The lowest BCUT2D eigenvalue weighted by Crippen LogP contribution is -2.22. The van der Waals surface area contributed by atoms with Crippen LogP contribution >= 0.6 is 0 Å². The summed E-state index contributed by atoms with van der Waals surface area (Å²) in [6, 6.07) is 6.27. The number of hydrogen-bond acceptors (Lipinski definition) is 7. The first-order valence-corrected chi connectivity index (χ1v) is 7.09. The third-order valence-corrected chi connectivity index (χ3v) is 3.33. The highest BCUT2D eigenvalue weighted by Crippen LogP contribution is 2.20. The van der Waals surface area contributed by atoms with Crippen LogP contribution in [0.4, 0.5) is 4.79 Å². The van der Waals surface area contributed by atoms with Gasteiger partial charge in [0.1, 0.15) is 11.9 Å². The van der Waals surface area contributed by atoms with Gasteiger partial charge in [0, 0.05) is 0 Å². The second-order valence-electron chi connectivity index (χ2n) is 4.88. The van der Waals surface area contributed by atoms with Crippen molar-refractivity contribution in [2.24, 2.45) is 0 Å². The van der Waals surface area contributed by atoms with E-state index in [-0.39, 0.29) is 11.7 Å². The minimum Gasteiger partial charge on any atom is -0.497 e. The van der Waals surface area contributed by atoms with E-state index in [0.29, 0.717) is 5.75 Å². The molecule has 0 bridgehead atoms. The predicted octanol–water partition coefficient (Wildman–Crippen LogP) is 3.18. The quantitative estimate of drug-likeness (QED) is 0.469. The number of ether oxygens (including phenoxy) is 2. The molecule has 1 aliphatic rings. The highest BCUT2D eigenvalue weighted by atomic mass is 17.5. The summed E-state index contributed by atoms with van der Waals surface area (Å²) in [4.78, 5) is 31.6. The SMILES string of the molecule is COc1cccc(C(=O)OOOC(=O)OC2CCCCC2)c1. The van der Waals surface area contributed by atoms with Crippen LogP contribution in [0, 0.1) is 0 Å². The largest absolute Gasteiger partial charge is 0.543 e. The van der Waals surface area contributed by atoms with E-state index in [2.05, 4.69) is 14.8 Å². The highest BCUT2D eigenvalue weighted by Gasteiger charge is 2.20. The lowest BCUT2D eigenvalue weighted by atomic mass is 9.98. The van der Waals surface area contributed by atoms with Crippen LogP contribution in [0.15, 0.2) is 24.3 Å². The molecule has 120 valence electrons. The zero-order valence-corrected chi connectivity index (χ0v) is 12.3. The van der Waals surface area contributed by atoms with Gasteiger partial charge in [0.05, 0.1) is 17.7 Å². The molecule has 1 fully saturated rings. The van der Waals surface area contributed by atoms with Gasteiger partial charge < -0.3 is 9.47 Å². The molecule has 0 radical (unpaired) electrons. The summed E-state index contributed by atoms with van der Waals surface area (Å²) < 4.78 is 10.00. The maximum Gasteiger partial charge on any atom is 0.543 e. The van der Waals surface area contributed by atoms with Crippen LogP contribution < -0.4 is 4.74 Å². The highest BCUT2D eigenvalue weighted by molar-refractivity contribution is 5.89. The zero-order chi connectivity index (χ0) is 15.8. The van der Waals surface area contributed by atoms with Gasteiger partial charge in [-0.25, -0.2) is 14.5 Å². The fourth-order valence-corrected chi connectivity index (χ4v) is 2.21. The van der Waals surface area contributed by atoms with Gasteiger partial charge in [0.25, 0.3) is 0 Å². The minimum absolute atomic E-state index is 0.168. The van der Waals surface area contributed by atoms with Gasteiger partial charge in [-0.15, -0.1) is 0 Å². The Morgan fingerprint density at radius 3 is 2.59 bits per heavy atom. The first-order chi connectivity index (χ1) is 10.7. The van der Waals surface area contributed by atoms with Crippen molar-refractivity contribution in [2.45, 2.75) is 38.2 Å². The Kier molecular flexibility index (Phi) is 6.02. The van der Waals surface area contributed by atoms with Crippen LogP contribution in [0.1, 0.15) is 42.5 Å². The lowest BCUT2D eigenvalue weighted by Gasteiger charge is -2.20. The van der Waals surface area contributed by atoms with Crippen LogP contribution in [0.5, 0.6) is 5.75 Å². The second-order valence-corrected chi connectivity index (χ2v) is 4.88. The maximum absolute atomic E-state index is 11.6. The zero-order valence-electron chi connectivity index (χ0n) is 12.3. The molecule has 1 saturated carbocycles. The van der Waals surface area contributed by atoms with Crippen LogP contribution in [-0.4, -0.2) is 25.3 Å². The number of hydrogen-bond donors (Lipinski definition) is 0. The van der Waals surface area contributed by atoms with Crippen molar-refractivity contribution in [3.63, 3.8) is 0 Å². The molecule has 0 unspecified atom stereocenters. The van der Waals surface area contributed by atoms with E-state index in [1.54, 1.807) is 12.1 Å². The lowest BCUT2D eigenvalue weighted by molar-refractivity contribution is -0.453. The van der Waals surface area contributed by atoms with Crippen LogP contribution in [0.25, 0.3) is 0 Å². The Morgan fingerprint density at radius 1 is 1.09 bits per heavy atom. The molecule has 0 aliphatic heterocycles. The third-order valence-electron chi connectivity index (χ3n) is 3.33. The summed E-state index contributed by atoms with van der Waals surface area (Å²) in [6.07, 6.45) is 3.60. The molecule has 7 nitrogen and oxygen atoms in total. The molecule has 0 amide bonds. The summed E-state index contributed by atoms with van der Waals surface area (Å²) in [6.45, 7) is 0. The molecule has 0 heterocycles. The molecule has 0 atom stereocenters. The average Bonchev–Trinajstić information content (AvgIpc) is 2.55. The van der Waals surface area contributed by atoms with Crippen molar-refractivity contribution in [1.29, 1.82) is 0 Å². The van der Waals surface area contributed by atoms with Crippen molar-refractivity contribution in [2.75, 3.05) is 7.11 Å². The van der Waals surface area contributed by atoms with Crippen LogP contribution in [-0.2, 0) is 19.6 Å². The summed E-state index contributed by atoms with van der Waals surface area (Å²) in [5.74, 6) is -0.323. The number of carbonyl (C=O) groups is 2. The number of rotatable bonds is 5. The Morgan fingerprint density at radius 2 is 1.86 bits per heavy atom. The van der Waals surface area contributed by atoms with Gasteiger partial charge >= 0.3 is 12.1 Å². The summed E-state index contributed by atoms with van der Waals surface area (Å²) in [7, 11) is 1.48. The van der Waals surface area contributed by atoms with E-state index >= 15 is 0 Å². The second kappa shape index (κ2) is 8.23. The maximum atomic E-state index is 11.6. The van der Waals surface area contributed by atoms with E-state index in [9.17, 15) is 9.59 Å². The topological polar surface area (TPSA) is 80.3 Å². The van der Waals surface area contributed by atoms with Crippen molar-refractivity contribution in [3.8, 4) is 5.75 Å². The number of methoxy groups -OCH3 is 1. The molecule has 0 aromatic heterocycles. The summed E-state index contributed by atoms with van der Waals surface area (Å²) >= 11 is 0. The average molecular weight is 310 g/mol. The number of carbonyl (C=O) groups excluding carboxylic acids is 2. The molecule has 1 aliphatic carbocycles. The number of benzene rings is 1. The molecule has 1 aromatic rings. The van der Waals surface area contributed by atoms with E-state index in [0.717, 1.165) is 32.1 Å².